The van der Waals surface area contributed by atoms with Gasteiger partial charge >= 0.3 is 0 Å². The molecule has 0 atom stereocenters. The molecule has 0 bridgehead atoms. The number of fused-ring (bicyclic) bond motifs is 3. The zero-order chi connectivity index (χ0) is 38.3. The van der Waals surface area contributed by atoms with Gasteiger partial charge in [-0.05, 0) is 88.2 Å². The molecule has 2 heterocycles. The van der Waals surface area contributed by atoms with Crippen molar-refractivity contribution in [2.75, 3.05) is 0 Å². The largest absolute Gasteiger partial charge is 0.258 e. The average molecular weight is 730 g/mol. The first-order valence-electron chi connectivity index (χ1n) is 19.5. The van der Waals surface area contributed by atoms with Gasteiger partial charge in [-0.1, -0.05) is 176 Å². The zero-order valence-electron chi connectivity index (χ0n) is 31.9. The Hall–Kier alpha value is -7.23. The quantitative estimate of drug-likeness (QED) is 0.164. The van der Waals surface area contributed by atoms with Crippen LogP contribution in [0, 0.1) is 13.8 Å². The predicted octanol–water partition coefficient (Wildman–Crippen LogP) is 13.2. The molecule has 0 saturated carbocycles. The van der Waals surface area contributed by atoms with E-state index < -0.39 is 5.41 Å². The first-order valence-corrected chi connectivity index (χ1v) is 19.5. The monoisotopic (exact) mass is 729 g/mol. The number of aryl methyl sites for hydroxylation is 2. The van der Waals surface area contributed by atoms with Gasteiger partial charge in [-0.15, -0.1) is 0 Å². The Balaban J connectivity index is 1.21. The molecule has 2 aromatic heterocycles. The van der Waals surface area contributed by atoms with Crippen LogP contribution >= 0.6 is 0 Å². The highest BCUT2D eigenvalue weighted by molar-refractivity contribution is 5.89. The molecule has 0 N–H and O–H groups in total. The lowest BCUT2D eigenvalue weighted by atomic mass is 9.67. The number of rotatable bonds is 7. The average Bonchev–Trinajstić information content (AvgIpc) is 3.58. The number of pyridine rings is 1. The van der Waals surface area contributed by atoms with E-state index in [1.807, 2.05) is 31.2 Å². The van der Waals surface area contributed by atoms with Crippen LogP contribution in [0.1, 0.15) is 33.6 Å². The number of hydrogen-bond acceptors (Lipinski definition) is 3. The van der Waals surface area contributed by atoms with E-state index in [1.54, 1.807) is 0 Å². The van der Waals surface area contributed by atoms with Gasteiger partial charge in [0.1, 0.15) is 0 Å². The minimum absolute atomic E-state index is 0.604. The van der Waals surface area contributed by atoms with E-state index >= 15 is 0 Å². The molecule has 57 heavy (non-hydrogen) atoms. The molecule has 0 aliphatic heterocycles. The molecule has 0 saturated heterocycles. The van der Waals surface area contributed by atoms with Crippen molar-refractivity contribution < 1.29 is 0 Å². The van der Waals surface area contributed by atoms with Gasteiger partial charge in [0.05, 0.1) is 16.8 Å². The van der Waals surface area contributed by atoms with Gasteiger partial charge in [0.15, 0.2) is 5.82 Å². The maximum absolute atomic E-state index is 5.24. The zero-order valence-corrected chi connectivity index (χ0v) is 31.9. The first-order chi connectivity index (χ1) is 28.1. The van der Waals surface area contributed by atoms with Gasteiger partial charge in [-0.25, -0.2) is 9.97 Å². The second-order valence-electron chi connectivity index (χ2n) is 14.8. The van der Waals surface area contributed by atoms with Crippen LogP contribution in [0.15, 0.2) is 200 Å². The van der Waals surface area contributed by atoms with E-state index in [4.69, 9.17) is 15.0 Å². The molecule has 9 aromatic rings. The third-order valence-electron chi connectivity index (χ3n) is 11.4. The van der Waals surface area contributed by atoms with Crippen molar-refractivity contribution in [3.05, 3.63) is 234 Å². The van der Waals surface area contributed by atoms with Crippen LogP contribution in [0.25, 0.3) is 67.3 Å². The summed E-state index contributed by atoms with van der Waals surface area (Å²) in [5.41, 5.74) is 18.4. The molecule has 0 spiro atoms. The van der Waals surface area contributed by atoms with Gasteiger partial charge < -0.3 is 0 Å². The highest BCUT2D eigenvalue weighted by Gasteiger charge is 2.46. The Labute approximate surface area is 334 Å². The summed E-state index contributed by atoms with van der Waals surface area (Å²) in [6.07, 6.45) is 0. The summed E-state index contributed by atoms with van der Waals surface area (Å²) in [4.78, 5) is 15.2. The van der Waals surface area contributed by atoms with Crippen molar-refractivity contribution in [3.63, 3.8) is 0 Å². The fraction of sp³-hybridized carbons (Fsp3) is 0.0556. The Morgan fingerprint density at radius 3 is 1.46 bits per heavy atom. The highest BCUT2D eigenvalue weighted by Crippen LogP contribution is 2.56. The minimum Gasteiger partial charge on any atom is -0.258 e. The summed E-state index contributed by atoms with van der Waals surface area (Å²) >= 11 is 0. The maximum atomic E-state index is 5.24. The van der Waals surface area contributed by atoms with Crippen molar-refractivity contribution in [2.45, 2.75) is 19.3 Å². The molecule has 1 aliphatic carbocycles. The van der Waals surface area contributed by atoms with Crippen LogP contribution in [-0.4, -0.2) is 15.0 Å². The summed E-state index contributed by atoms with van der Waals surface area (Å²) < 4.78 is 0. The SMILES string of the molecule is Cc1ccc(-c2ccccc2-c2cccc(C3(c4cccc(-c5cc(-c6ccccc6)nc(-c6ccccc6)n5)c4)c4ccccc4-c4ccccc43)c2)c(C)n1. The summed E-state index contributed by atoms with van der Waals surface area (Å²) in [5.74, 6) is 0.703. The molecule has 0 fully saturated rings. The molecule has 0 radical (unpaired) electrons. The van der Waals surface area contributed by atoms with Crippen LogP contribution in [0.3, 0.4) is 0 Å². The van der Waals surface area contributed by atoms with Gasteiger partial charge in [0, 0.05) is 33.6 Å². The number of aromatic nitrogens is 3. The minimum atomic E-state index is -0.604. The molecule has 270 valence electrons. The Kier molecular flexibility index (Phi) is 8.49. The molecule has 7 aromatic carbocycles. The van der Waals surface area contributed by atoms with Crippen molar-refractivity contribution in [1.82, 2.24) is 15.0 Å². The van der Waals surface area contributed by atoms with E-state index in [9.17, 15) is 0 Å². The molecule has 1 aliphatic rings. The van der Waals surface area contributed by atoms with Crippen molar-refractivity contribution in [1.29, 1.82) is 0 Å². The topological polar surface area (TPSA) is 38.7 Å². The van der Waals surface area contributed by atoms with E-state index in [2.05, 4.69) is 183 Å². The second kappa shape index (κ2) is 14.1. The van der Waals surface area contributed by atoms with E-state index in [1.165, 1.54) is 44.5 Å². The lowest BCUT2D eigenvalue weighted by Crippen LogP contribution is -2.28. The number of hydrogen-bond donors (Lipinski definition) is 0. The highest BCUT2D eigenvalue weighted by atomic mass is 14.9. The molecule has 3 nitrogen and oxygen atoms in total. The van der Waals surface area contributed by atoms with Crippen molar-refractivity contribution in [2.24, 2.45) is 0 Å². The predicted molar refractivity (Wildman–Crippen MR) is 234 cm³/mol. The van der Waals surface area contributed by atoms with Gasteiger partial charge in [-0.2, -0.15) is 0 Å². The molecular formula is C54H39N3. The Morgan fingerprint density at radius 2 is 0.825 bits per heavy atom. The van der Waals surface area contributed by atoms with Crippen LogP contribution in [0.2, 0.25) is 0 Å². The summed E-state index contributed by atoms with van der Waals surface area (Å²) in [6.45, 7) is 4.15. The Morgan fingerprint density at radius 1 is 0.333 bits per heavy atom. The molecular weight excluding hydrogens is 691 g/mol. The molecule has 0 unspecified atom stereocenters. The lowest BCUT2D eigenvalue weighted by molar-refractivity contribution is 0.769. The number of nitrogens with zero attached hydrogens (tertiary/aromatic N) is 3. The van der Waals surface area contributed by atoms with Gasteiger partial charge in [0.2, 0.25) is 0 Å². The summed E-state index contributed by atoms with van der Waals surface area (Å²) in [7, 11) is 0. The van der Waals surface area contributed by atoms with Crippen molar-refractivity contribution in [3.8, 4) is 67.3 Å². The standard InChI is InChI=1S/C54H39N3/c1-36-31-32-44(37(2)55-36)46-26-10-9-25-45(46)40-21-15-23-42(33-40)54(49-29-13-11-27-47(49)48-28-12-14-30-50(48)54)43-24-16-22-41(34-43)52-35-51(38-17-5-3-6-18-38)56-53(57-52)39-19-7-4-8-20-39/h3-35H,1-2H3. The van der Waals surface area contributed by atoms with Crippen LogP contribution in [0.4, 0.5) is 0 Å². The van der Waals surface area contributed by atoms with Crippen LogP contribution < -0.4 is 0 Å². The normalized spacial score (nSPS) is 12.5. The lowest BCUT2D eigenvalue weighted by Gasteiger charge is -2.34. The second-order valence-corrected chi connectivity index (χ2v) is 14.8. The summed E-state index contributed by atoms with van der Waals surface area (Å²) in [6, 6.07) is 71.8. The van der Waals surface area contributed by atoms with Gasteiger partial charge in [-0.3, -0.25) is 4.98 Å². The molecule has 3 heteroatoms. The number of benzene rings is 7. The third kappa shape index (κ3) is 5.87. The first kappa shape index (κ1) is 34.3. The van der Waals surface area contributed by atoms with Crippen LogP contribution in [-0.2, 0) is 5.41 Å². The van der Waals surface area contributed by atoms with Gasteiger partial charge in [0.25, 0.3) is 0 Å². The fourth-order valence-electron chi connectivity index (χ4n) is 8.86. The Bertz CT molecular complexity index is 2830. The van der Waals surface area contributed by atoms with E-state index in [-0.39, 0.29) is 0 Å². The van der Waals surface area contributed by atoms with Crippen molar-refractivity contribution >= 4 is 0 Å². The summed E-state index contributed by atoms with van der Waals surface area (Å²) in [5, 5.41) is 0. The third-order valence-corrected chi connectivity index (χ3v) is 11.4. The van der Waals surface area contributed by atoms with E-state index in [0.29, 0.717) is 5.82 Å². The van der Waals surface area contributed by atoms with Crippen LogP contribution in [0.5, 0.6) is 0 Å². The fourth-order valence-corrected chi connectivity index (χ4v) is 8.86. The molecule has 10 rings (SSSR count). The molecule has 0 amide bonds. The van der Waals surface area contributed by atoms with E-state index in [0.717, 1.165) is 50.6 Å². The maximum Gasteiger partial charge on any atom is 0.160 e. The smallest absolute Gasteiger partial charge is 0.160 e.